The van der Waals surface area contributed by atoms with Crippen molar-refractivity contribution < 1.29 is 19.7 Å². The average Bonchev–Trinajstić information content (AvgIpc) is 2.68. The van der Waals surface area contributed by atoms with Gasteiger partial charge < -0.3 is 31.3 Å². The number of aliphatic hydroxyl groups excluding tert-OH is 2. The quantitative estimate of drug-likeness (QED) is 0.192. The Bertz CT molecular complexity index is 338. The molecule has 0 aromatic heterocycles. The summed E-state index contributed by atoms with van der Waals surface area (Å²) in [5.41, 5.74) is 5.22. The Labute approximate surface area is 165 Å². The Morgan fingerprint density at radius 3 is 2.44 bits per heavy atom. The van der Waals surface area contributed by atoms with Crippen molar-refractivity contribution in [2.45, 2.75) is 65.1 Å². The van der Waals surface area contributed by atoms with Crippen LogP contribution in [-0.4, -0.2) is 74.4 Å². The van der Waals surface area contributed by atoms with Crippen LogP contribution in [0.15, 0.2) is 10.1 Å². The monoisotopic (exact) mass is 390 g/mol. The molecular formula is C19H42N4O4. The van der Waals surface area contributed by atoms with Crippen molar-refractivity contribution in [3.8, 4) is 0 Å². The Balaban J connectivity index is 0. The lowest BCUT2D eigenvalue weighted by Gasteiger charge is -2.31. The number of rotatable bonds is 10. The first-order valence-electron chi connectivity index (χ1n) is 9.98. The lowest BCUT2D eigenvalue weighted by Crippen LogP contribution is -2.41. The highest BCUT2D eigenvalue weighted by Gasteiger charge is 2.28. The van der Waals surface area contributed by atoms with Crippen LogP contribution in [0.2, 0.25) is 0 Å². The van der Waals surface area contributed by atoms with E-state index in [0.717, 1.165) is 26.0 Å². The van der Waals surface area contributed by atoms with E-state index in [1.165, 1.54) is 25.5 Å². The maximum atomic E-state index is 9.35. The number of ether oxygens (including phenoxy) is 2. The Hall–Kier alpha value is -1.06. The third-order valence-corrected chi connectivity index (χ3v) is 3.81. The maximum Gasteiger partial charge on any atom is 0.107 e. The highest BCUT2D eigenvalue weighted by atomic mass is 16.5. The molecule has 0 aromatic rings. The van der Waals surface area contributed by atoms with Crippen LogP contribution in [0, 0.1) is 5.92 Å². The zero-order valence-electron chi connectivity index (χ0n) is 17.4. The normalized spacial score (nSPS) is 22.2. The standard InChI is InChI=1S/C7H17NO.C7H14O3.C5H11N3/c1-2-3-4-6-9-7-5-8;1-5-2-3-10-6(4-8)7(5)9;1-2-3-7-4-5-8-6/h2-8H2,1H3;5-9H,2-4H2,1H3;4-5H,2-3,6H2,1H3/b;;7-4?,8-5-. The van der Waals surface area contributed by atoms with Gasteiger partial charge in [-0.05, 0) is 25.2 Å². The van der Waals surface area contributed by atoms with Crippen LogP contribution >= 0.6 is 0 Å². The summed E-state index contributed by atoms with van der Waals surface area (Å²) in [4.78, 5) is 3.93. The minimum atomic E-state index is -0.487. The van der Waals surface area contributed by atoms with Crippen molar-refractivity contribution in [2.24, 2.45) is 27.6 Å². The molecule has 8 heteroatoms. The van der Waals surface area contributed by atoms with Crippen LogP contribution in [0.1, 0.15) is 52.9 Å². The molecule has 0 bridgehead atoms. The van der Waals surface area contributed by atoms with Gasteiger partial charge in [-0.15, -0.1) is 0 Å². The fraction of sp³-hybridized carbons (Fsp3) is 0.895. The molecule has 8 nitrogen and oxygen atoms in total. The van der Waals surface area contributed by atoms with Crippen molar-refractivity contribution >= 4 is 12.4 Å². The summed E-state index contributed by atoms with van der Waals surface area (Å²) < 4.78 is 10.3. The van der Waals surface area contributed by atoms with Crippen LogP contribution < -0.4 is 11.6 Å². The Morgan fingerprint density at radius 1 is 1.19 bits per heavy atom. The summed E-state index contributed by atoms with van der Waals surface area (Å²) in [5, 5.41) is 21.3. The van der Waals surface area contributed by atoms with Crippen molar-refractivity contribution in [2.75, 3.05) is 39.5 Å². The molecule has 0 spiro atoms. The molecule has 3 unspecified atom stereocenters. The van der Waals surface area contributed by atoms with Crippen molar-refractivity contribution in [3.05, 3.63) is 0 Å². The minimum absolute atomic E-state index is 0.0779. The first-order chi connectivity index (χ1) is 13.1. The highest BCUT2D eigenvalue weighted by Crippen LogP contribution is 2.19. The lowest BCUT2D eigenvalue weighted by atomic mass is 9.95. The molecular weight excluding hydrogens is 348 g/mol. The van der Waals surface area contributed by atoms with Gasteiger partial charge in [-0.25, -0.2) is 0 Å². The summed E-state index contributed by atoms with van der Waals surface area (Å²) in [6.45, 7) is 9.89. The lowest BCUT2D eigenvalue weighted by molar-refractivity contribution is -0.118. The molecule has 0 aromatic carbocycles. The number of aliphatic imine (C=N–C) groups is 1. The predicted molar refractivity (Wildman–Crippen MR) is 112 cm³/mol. The molecule has 1 aliphatic rings. The van der Waals surface area contributed by atoms with E-state index in [1.54, 1.807) is 6.21 Å². The Morgan fingerprint density at radius 2 is 1.93 bits per heavy atom. The van der Waals surface area contributed by atoms with Crippen LogP contribution in [0.25, 0.3) is 0 Å². The van der Waals surface area contributed by atoms with Gasteiger partial charge in [-0.2, -0.15) is 5.10 Å². The molecule has 0 aliphatic carbocycles. The van der Waals surface area contributed by atoms with E-state index in [9.17, 15) is 5.11 Å². The fourth-order valence-electron chi connectivity index (χ4n) is 2.13. The second-order valence-electron chi connectivity index (χ2n) is 6.31. The molecule has 0 saturated carbocycles. The van der Waals surface area contributed by atoms with Gasteiger partial charge in [-0.1, -0.05) is 33.6 Å². The molecule has 0 amide bonds. The van der Waals surface area contributed by atoms with E-state index in [-0.39, 0.29) is 18.6 Å². The third kappa shape index (κ3) is 19.5. The zero-order valence-corrected chi connectivity index (χ0v) is 17.4. The summed E-state index contributed by atoms with van der Waals surface area (Å²) in [7, 11) is 0. The van der Waals surface area contributed by atoms with Gasteiger partial charge >= 0.3 is 0 Å². The van der Waals surface area contributed by atoms with Crippen molar-refractivity contribution in [3.63, 3.8) is 0 Å². The zero-order chi connectivity index (χ0) is 20.8. The first-order valence-corrected chi connectivity index (χ1v) is 9.98. The van der Waals surface area contributed by atoms with E-state index in [1.807, 2.05) is 6.92 Å². The molecule has 162 valence electrons. The van der Waals surface area contributed by atoms with E-state index in [0.29, 0.717) is 19.8 Å². The summed E-state index contributed by atoms with van der Waals surface area (Å²) in [5.74, 6) is 5.04. The predicted octanol–water partition coefficient (Wildman–Crippen LogP) is 1.33. The third-order valence-electron chi connectivity index (χ3n) is 3.81. The van der Waals surface area contributed by atoms with Gasteiger partial charge in [0.15, 0.2) is 0 Å². The average molecular weight is 391 g/mol. The van der Waals surface area contributed by atoms with Crippen LogP contribution in [0.4, 0.5) is 0 Å². The summed E-state index contributed by atoms with van der Waals surface area (Å²) in [6, 6.07) is 0. The largest absolute Gasteiger partial charge is 0.394 e. The Kier molecular flexibility index (Phi) is 24.0. The van der Waals surface area contributed by atoms with E-state index in [2.05, 4.69) is 23.9 Å². The van der Waals surface area contributed by atoms with Gasteiger partial charge in [0.1, 0.15) is 6.10 Å². The smallest absolute Gasteiger partial charge is 0.107 e. The van der Waals surface area contributed by atoms with Gasteiger partial charge in [-0.3, -0.25) is 4.99 Å². The van der Waals surface area contributed by atoms with Crippen LogP contribution in [-0.2, 0) is 9.47 Å². The molecule has 1 saturated heterocycles. The minimum Gasteiger partial charge on any atom is -0.394 e. The van der Waals surface area contributed by atoms with E-state index in [4.69, 9.17) is 26.2 Å². The molecule has 1 fully saturated rings. The SMILES string of the molecule is CC1CCOC(CO)C1O.CCCCCOCCN.CCCN=C/C=N\N. The van der Waals surface area contributed by atoms with Crippen LogP contribution in [0.5, 0.6) is 0 Å². The number of aliphatic hydroxyl groups is 2. The molecule has 1 aliphatic heterocycles. The molecule has 27 heavy (non-hydrogen) atoms. The molecule has 1 rings (SSSR count). The first kappa shape index (κ1) is 28.2. The van der Waals surface area contributed by atoms with Gasteiger partial charge in [0.2, 0.25) is 0 Å². The number of nitrogens with zero attached hydrogens (tertiary/aromatic N) is 2. The topological polar surface area (TPSA) is 136 Å². The molecule has 6 N–H and O–H groups in total. The second kappa shape index (κ2) is 23.0. The van der Waals surface area contributed by atoms with Crippen molar-refractivity contribution in [1.82, 2.24) is 0 Å². The number of nitrogens with two attached hydrogens (primary N) is 2. The van der Waals surface area contributed by atoms with Crippen LogP contribution in [0.3, 0.4) is 0 Å². The number of hydrogen-bond donors (Lipinski definition) is 4. The molecule has 3 atom stereocenters. The number of unbranched alkanes of at least 4 members (excludes halogenated alkanes) is 2. The molecule has 1 heterocycles. The second-order valence-corrected chi connectivity index (χ2v) is 6.31. The number of hydrogen-bond acceptors (Lipinski definition) is 8. The van der Waals surface area contributed by atoms with Crippen molar-refractivity contribution in [1.29, 1.82) is 0 Å². The van der Waals surface area contributed by atoms with Gasteiger partial charge in [0.25, 0.3) is 0 Å². The van der Waals surface area contributed by atoms with E-state index < -0.39 is 6.10 Å². The fourth-order valence-corrected chi connectivity index (χ4v) is 2.13. The maximum absolute atomic E-state index is 9.35. The van der Waals surface area contributed by atoms with Gasteiger partial charge in [0.05, 0.1) is 25.5 Å². The summed E-state index contributed by atoms with van der Waals surface area (Å²) >= 11 is 0. The number of hydrazone groups is 1. The molecule has 0 radical (unpaired) electrons. The summed E-state index contributed by atoms with van der Waals surface area (Å²) in [6.07, 6.45) is 7.88. The van der Waals surface area contributed by atoms with Gasteiger partial charge in [0, 0.05) is 32.5 Å². The highest BCUT2D eigenvalue weighted by molar-refractivity contribution is 6.15. The van der Waals surface area contributed by atoms with E-state index >= 15 is 0 Å².